The molecule has 0 spiro atoms. The Morgan fingerprint density at radius 3 is 2.48 bits per heavy atom. The number of rotatable bonds is 7. The molecule has 132 valence electrons. The van der Waals surface area contributed by atoms with E-state index in [1.165, 1.54) is 24.3 Å². The lowest BCUT2D eigenvalue weighted by Crippen LogP contribution is -2.34. The largest absolute Gasteiger partial charge is 0.483 e. The molecule has 1 atom stereocenters. The molecule has 0 radical (unpaired) electrons. The second-order valence-corrected chi connectivity index (χ2v) is 5.83. The normalized spacial score (nSPS) is 11.6. The molecule has 0 aliphatic rings. The van der Waals surface area contributed by atoms with Gasteiger partial charge in [-0.15, -0.1) is 0 Å². The molecule has 0 saturated heterocycles. The van der Waals surface area contributed by atoms with Gasteiger partial charge in [-0.2, -0.15) is 0 Å². The van der Waals surface area contributed by atoms with E-state index in [1.54, 1.807) is 0 Å². The van der Waals surface area contributed by atoms with Crippen LogP contribution in [0.4, 0.5) is 4.39 Å². The van der Waals surface area contributed by atoms with Gasteiger partial charge in [0.2, 0.25) is 0 Å². The maximum Gasteiger partial charge on any atom is 0.305 e. The summed E-state index contributed by atoms with van der Waals surface area (Å²) in [4.78, 5) is 23.2. The van der Waals surface area contributed by atoms with Crippen molar-refractivity contribution in [1.82, 2.24) is 5.32 Å². The predicted octanol–water partition coefficient (Wildman–Crippen LogP) is 3.15. The van der Waals surface area contributed by atoms with E-state index in [2.05, 4.69) is 5.32 Å². The minimum absolute atomic E-state index is 0.235. The van der Waals surface area contributed by atoms with Crippen molar-refractivity contribution >= 4 is 11.9 Å². The van der Waals surface area contributed by atoms with E-state index in [9.17, 15) is 14.0 Å². The maximum absolute atomic E-state index is 13.0. The Balaban J connectivity index is 2.02. The summed E-state index contributed by atoms with van der Waals surface area (Å²) in [5.74, 6) is -1.34. The Morgan fingerprint density at radius 1 is 1.16 bits per heavy atom. The summed E-state index contributed by atoms with van der Waals surface area (Å²) in [7, 11) is 0. The Hall–Kier alpha value is -2.89. The number of amides is 1. The number of carbonyl (C=O) groups excluding carboxylic acids is 1. The van der Waals surface area contributed by atoms with Gasteiger partial charge in [0.1, 0.15) is 11.6 Å². The first kappa shape index (κ1) is 18.4. The van der Waals surface area contributed by atoms with E-state index >= 15 is 0 Å². The molecule has 2 aromatic rings. The highest BCUT2D eigenvalue weighted by atomic mass is 19.1. The third kappa shape index (κ3) is 5.60. The lowest BCUT2D eigenvalue weighted by molar-refractivity contribution is -0.137. The first-order chi connectivity index (χ1) is 11.8. The minimum atomic E-state index is -1.06. The molecule has 0 aromatic heterocycles. The van der Waals surface area contributed by atoms with E-state index < -0.39 is 23.7 Å². The van der Waals surface area contributed by atoms with Crippen LogP contribution in [0.5, 0.6) is 5.75 Å². The van der Waals surface area contributed by atoms with E-state index in [-0.39, 0.29) is 13.0 Å². The van der Waals surface area contributed by atoms with Crippen LogP contribution >= 0.6 is 0 Å². The number of carbonyl (C=O) groups is 2. The third-order valence-corrected chi connectivity index (χ3v) is 3.69. The topological polar surface area (TPSA) is 75.6 Å². The van der Waals surface area contributed by atoms with Gasteiger partial charge < -0.3 is 15.2 Å². The minimum Gasteiger partial charge on any atom is -0.483 e. The third-order valence-electron chi connectivity index (χ3n) is 3.69. The Morgan fingerprint density at radius 2 is 1.84 bits per heavy atom. The molecule has 0 heterocycles. The molecular formula is C19H20FNO4. The quantitative estimate of drug-likeness (QED) is 0.808. The molecule has 5 nitrogen and oxygen atoms in total. The second-order valence-electron chi connectivity index (χ2n) is 5.83. The van der Waals surface area contributed by atoms with Crippen molar-refractivity contribution in [3.05, 3.63) is 65.0 Å². The number of hydrogen-bond acceptors (Lipinski definition) is 3. The number of nitrogens with one attached hydrogen (secondary N) is 1. The van der Waals surface area contributed by atoms with E-state index in [0.29, 0.717) is 11.3 Å². The number of carboxylic acid groups (broad SMARTS) is 1. The molecule has 0 fully saturated rings. The van der Waals surface area contributed by atoms with Crippen LogP contribution < -0.4 is 10.1 Å². The Kier molecular flexibility index (Phi) is 6.11. The van der Waals surface area contributed by atoms with Gasteiger partial charge in [0.15, 0.2) is 6.61 Å². The van der Waals surface area contributed by atoms with Crippen molar-refractivity contribution in [3.8, 4) is 5.75 Å². The first-order valence-corrected chi connectivity index (χ1v) is 7.82. The number of aliphatic carboxylic acids is 1. The number of carboxylic acids is 1. The SMILES string of the molecule is Cc1ccc(C)c(OCC(=O)NC(CC(=O)O)c2ccc(F)cc2)c1. The zero-order valence-electron chi connectivity index (χ0n) is 14.1. The van der Waals surface area contributed by atoms with Gasteiger partial charge in [0, 0.05) is 0 Å². The smallest absolute Gasteiger partial charge is 0.305 e. The van der Waals surface area contributed by atoms with Gasteiger partial charge in [-0.3, -0.25) is 9.59 Å². The molecule has 0 aliphatic heterocycles. The summed E-state index contributed by atoms with van der Waals surface area (Å²) >= 11 is 0. The van der Waals surface area contributed by atoms with Crippen LogP contribution in [-0.2, 0) is 9.59 Å². The fraction of sp³-hybridized carbons (Fsp3) is 0.263. The van der Waals surface area contributed by atoms with Gasteiger partial charge in [-0.25, -0.2) is 4.39 Å². The number of benzene rings is 2. The fourth-order valence-electron chi connectivity index (χ4n) is 2.36. The van der Waals surface area contributed by atoms with Crippen LogP contribution in [-0.4, -0.2) is 23.6 Å². The van der Waals surface area contributed by atoms with E-state index in [0.717, 1.165) is 11.1 Å². The molecule has 6 heteroatoms. The van der Waals surface area contributed by atoms with Gasteiger partial charge in [-0.1, -0.05) is 24.3 Å². The summed E-state index contributed by atoms with van der Waals surface area (Å²) in [6.07, 6.45) is -0.305. The number of aryl methyl sites for hydroxylation is 2. The highest BCUT2D eigenvalue weighted by Crippen LogP contribution is 2.20. The van der Waals surface area contributed by atoms with Gasteiger partial charge >= 0.3 is 5.97 Å². The summed E-state index contributed by atoms with van der Waals surface area (Å²) in [5.41, 5.74) is 2.43. The van der Waals surface area contributed by atoms with Gasteiger partial charge in [-0.05, 0) is 48.7 Å². The summed E-state index contributed by atoms with van der Waals surface area (Å²) in [6, 6.07) is 10.3. The van der Waals surface area contributed by atoms with Crippen LogP contribution in [0.15, 0.2) is 42.5 Å². The molecule has 25 heavy (non-hydrogen) atoms. The van der Waals surface area contributed by atoms with Crippen LogP contribution in [0.3, 0.4) is 0 Å². The molecular weight excluding hydrogens is 325 g/mol. The highest BCUT2D eigenvalue weighted by Gasteiger charge is 2.18. The standard InChI is InChI=1S/C19H20FNO4/c1-12-3-4-13(2)17(9-12)25-11-18(22)21-16(10-19(23)24)14-5-7-15(20)8-6-14/h3-9,16H,10-11H2,1-2H3,(H,21,22)(H,23,24). The van der Waals surface area contributed by atoms with E-state index in [4.69, 9.17) is 9.84 Å². The Bertz CT molecular complexity index is 759. The Labute approximate surface area is 145 Å². The average Bonchev–Trinajstić information content (AvgIpc) is 2.55. The molecule has 1 amide bonds. The lowest BCUT2D eigenvalue weighted by Gasteiger charge is -2.18. The number of hydrogen-bond donors (Lipinski definition) is 2. The number of ether oxygens (including phenoxy) is 1. The van der Waals surface area contributed by atoms with Crippen molar-refractivity contribution in [2.75, 3.05) is 6.61 Å². The van der Waals surface area contributed by atoms with Crippen molar-refractivity contribution in [2.24, 2.45) is 0 Å². The van der Waals surface area contributed by atoms with E-state index in [1.807, 2.05) is 32.0 Å². The first-order valence-electron chi connectivity index (χ1n) is 7.82. The fourth-order valence-corrected chi connectivity index (χ4v) is 2.36. The monoisotopic (exact) mass is 345 g/mol. The molecule has 2 N–H and O–H groups in total. The molecule has 0 saturated carbocycles. The van der Waals surface area contributed by atoms with Crippen LogP contribution in [0, 0.1) is 19.7 Å². The number of halogens is 1. The average molecular weight is 345 g/mol. The second kappa shape index (κ2) is 8.28. The summed E-state index contributed by atoms with van der Waals surface area (Å²) in [5, 5.41) is 11.7. The highest BCUT2D eigenvalue weighted by molar-refractivity contribution is 5.79. The van der Waals surface area contributed by atoms with Crippen molar-refractivity contribution in [2.45, 2.75) is 26.3 Å². The van der Waals surface area contributed by atoms with Gasteiger partial charge in [0.05, 0.1) is 12.5 Å². The van der Waals surface area contributed by atoms with Crippen LogP contribution in [0.2, 0.25) is 0 Å². The van der Waals surface area contributed by atoms with Crippen LogP contribution in [0.25, 0.3) is 0 Å². The van der Waals surface area contributed by atoms with Crippen LogP contribution in [0.1, 0.15) is 29.2 Å². The van der Waals surface area contributed by atoms with Crippen molar-refractivity contribution in [3.63, 3.8) is 0 Å². The lowest BCUT2D eigenvalue weighted by atomic mass is 10.0. The molecule has 1 unspecified atom stereocenters. The zero-order chi connectivity index (χ0) is 18.4. The van der Waals surface area contributed by atoms with Crippen molar-refractivity contribution in [1.29, 1.82) is 0 Å². The summed E-state index contributed by atoms with van der Waals surface area (Å²) in [6.45, 7) is 3.56. The zero-order valence-corrected chi connectivity index (χ0v) is 14.1. The molecule has 0 bridgehead atoms. The van der Waals surface area contributed by atoms with Gasteiger partial charge in [0.25, 0.3) is 5.91 Å². The summed E-state index contributed by atoms with van der Waals surface area (Å²) < 4.78 is 18.6. The predicted molar refractivity (Wildman–Crippen MR) is 90.9 cm³/mol. The molecule has 0 aliphatic carbocycles. The maximum atomic E-state index is 13.0. The molecule has 2 aromatic carbocycles. The van der Waals surface area contributed by atoms with Crippen molar-refractivity contribution < 1.29 is 23.8 Å². The molecule has 2 rings (SSSR count).